The van der Waals surface area contributed by atoms with Gasteiger partial charge in [-0.15, -0.1) is 0 Å². The number of nitrogens with one attached hydrogen (secondary N) is 1. The number of esters is 1. The molecule has 5 heteroatoms. The standard InChI is InChI=1S/C20H30N2O3/c1-5-25-19(24)15-9-8-12-22(13-15)14-18(23)21-17-11-7-6-10-16(17)20(2,3)4/h6-7,10-11,15H,5,8-9,12-14H2,1-4H3,(H,21,23). The van der Waals surface area contributed by atoms with Crippen molar-refractivity contribution in [3.8, 4) is 0 Å². The average Bonchev–Trinajstić information content (AvgIpc) is 2.54. The molecule has 0 radical (unpaired) electrons. The van der Waals surface area contributed by atoms with Crippen molar-refractivity contribution in [1.82, 2.24) is 4.90 Å². The Morgan fingerprint density at radius 1 is 1.28 bits per heavy atom. The molecule has 1 amide bonds. The van der Waals surface area contributed by atoms with E-state index >= 15 is 0 Å². The lowest BCUT2D eigenvalue weighted by Crippen LogP contribution is -2.43. The molecule has 25 heavy (non-hydrogen) atoms. The number of carbonyl (C=O) groups excluding carboxylic acids is 2. The first kappa shape index (κ1) is 19.4. The number of benzene rings is 1. The van der Waals surface area contributed by atoms with E-state index in [1.165, 1.54) is 0 Å². The van der Waals surface area contributed by atoms with Crippen LogP contribution in [0.5, 0.6) is 0 Å². The molecule has 1 aliphatic heterocycles. The van der Waals surface area contributed by atoms with Crippen molar-refractivity contribution in [2.24, 2.45) is 5.92 Å². The van der Waals surface area contributed by atoms with E-state index < -0.39 is 0 Å². The number of nitrogens with zero attached hydrogens (tertiary/aromatic N) is 1. The van der Waals surface area contributed by atoms with E-state index in [4.69, 9.17) is 4.74 Å². The fraction of sp³-hybridized carbons (Fsp3) is 0.600. The van der Waals surface area contributed by atoms with E-state index in [-0.39, 0.29) is 23.2 Å². The van der Waals surface area contributed by atoms with Crippen LogP contribution in [-0.4, -0.2) is 43.0 Å². The van der Waals surface area contributed by atoms with Gasteiger partial charge in [0.1, 0.15) is 0 Å². The third-order valence-corrected chi connectivity index (χ3v) is 4.50. The normalized spacial score (nSPS) is 18.6. The van der Waals surface area contributed by atoms with E-state index in [0.717, 1.165) is 30.6 Å². The van der Waals surface area contributed by atoms with Crippen LogP contribution in [0.25, 0.3) is 0 Å². The van der Waals surface area contributed by atoms with Gasteiger partial charge in [0.2, 0.25) is 5.91 Å². The molecule has 1 aromatic rings. The summed E-state index contributed by atoms with van der Waals surface area (Å²) in [5.74, 6) is -0.310. The minimum atomic E-state index is -0.148. The molecular formula is C20H30N2O3. The number of carbonyl (C=O) groups is 2. The van der Waals surface area contributed by atoms with Crippen LogP contribution in [0.1, 0.15) is 46.1 Å². The zero-order valence-corrected chi connectivity index (χ0v) is 15.8. The summed E-state index contributed by atoms with van der Waals surface area (Å²) in [6.07, 6.45) is 1.75. The van der Waals surface area contributed by atoms with Crippen LogP contribution in [-0.2, 0) is 19.7 Å². The molecule has 1 atom stereocenters. The van der Waals surface area contributed by atoms with Gasteiger partial charge in [-0.2, -0.15) is 0 Å². The fourth-order valence-electron chi connectivity index (χ4n) is 3.29. The predicted octanol–water partition coefficient (Wildman–Crippen LogP) is 3.20. The molecule has 0 aromatic heterocycles. The van der Waals surface area contributed by atoms with Crippen molar-refractivity contribution >= 4 is 17.6 Å². The lowest BCUT2D eigenvalue weighted by molar-refractivity contribution is -0.150. The fourth-order valence-corrected chi connectivity index (χ4v) is 3.29. The van der Waals surface area contributed by atoms with Crippen molar-refractivity contribution in [2.45, 2.75) is 46.0 Å². The van der Waals surface area contributed by atoms with Crippen LogP contribution in [0.15, 0.2) is 24.3 Å². The molecule has 5 nitrogen and oxygen atoms in total. The van der Waals surface area contributed by atoms with Crippen LogP contribution in [0, 0.1) is 5.92 Å². The summed E-state index contributed by atoms with van der Waals surface area (Å²) >= 11 is 0. The Balaban J connectivity index is 1.96. The van der Waals surface area contributed by atoms with E-state index in [1.807, 2.05) is 36.1 Å². The topological polar surface area (TPSA) is 58.6 Å². The first-order valence-corrected chi connectivity index (χ1v) is 9.09. The molecule has 2 rings (SSSR count). The maximum atomic E-state index is 12.5. The van der Waals surface area contributed by atoms with Gasteiger partial charge in [-0.1, -0.05) is 39.0 Å². The van der Waals surface area contributed by atoms with Crippen LogP contribution in [0.3, 0.4) is 0 Å². The minimum Gasteiger partial charge on any atom is -0.466 e. The summed E-state index contributed by atoms with van der Waals surface area (Å²) in [6, 6.07) is 7.91. The molecule has 1 N–H and O–H groups in total. The molecule has 0 saturated carbocycles. The largest absolute Gasteiger partial charge is 0.466 e. The van der Waals surface area contributed by atoms with Gasteiger partial charge in [0.15, 0.2) is 0 Å². The SMILES string of the molecule is CCOC(=O)C1CCCN(CC(=O)Nc2ccccc2C(C)(C)C)C1. The quantitative estimate of drug-likeness (QED) is 0.832. The monoisotopic (exact) mass is 346 g/mol. The van der Waals surface area contributed by atoms with Gasteiger partial charge in [-0.3, -0.25) is 14.5 Å². The van der Waals surface area contributed by atoms with E-state index in [2.05, 4.69) is 26.1 Å². The molecule has 0 aliphatic carbocycles. The highest BCUT2D eigenvalue weighted by molar-refractivity contribution is 5.93. The maximum Gasteiger partial charge on any atom is 0.310 e. The van der Waals surface area contributed by atoms with E-state index in [0.29, 0.717) is 19.7 Å². The van der Waals surface area contributed by atoms with Crippen molar-refractivity contribution in [3.63, 3.8) is 0 Å². The second-order valence-corrected chi connectivity index (χ2v) is 7.67. The van der Waals surface area contributed by atoms with Gasteiger partial charge in [-0.25, -0.2) is 0 Å². The molecule has 1 heterocycles. The number of piperidine rings is 1. The number of anilines is 1. The van der Waals surface area contributed by atoms with E-state index in [1.54, 1.807) is 0 Å². The van der Waals surface area contributed by atoms with Crippen molar-refractivity contribution in [2.75, 3.05) is 31.6 Å². The van der Waals surface area contributed by atoms with Gasteiger partial charge in [0.25, 0.3) is 0 Å². The smallest absolute Gasteiger partial charge is 0.310 e. The number of hydrogen-bond donors (Lipinski definition) is 1. The maximum absolute atomic E-state index is 12.5. The third-order valence-electron chi connectivity index (χ3n) is 4.50. The van der Waals surface area contributed by atoms with Crippen LogP contribution < -0.4 is 5.32 Å². The number of amides is 1. The lowest BCUT2D eigenvalue weighted by Gasteiger charge is -2.31. The van der Waals surface area contributed by atoms with Crippen molar-refractivity contribution < 1.29 is 14.3 Å². The highest BCUT2D eigenvalue weighted by Crippen LogP contribution is 2.29. The van der Waals surface area contributed by atoms with Gasteiger partial charge in [0, 0.05) is 12.2 Å². The Kier molecular flexibility index (Phi) is 6.59. The number of para-hydroxylation sites is 1. The molecule has 1 fully saturated rings. The second kappa shape index (κ2) is 8.48. The molecule has 1 unspecified atom stereocenters. The number of likely N-dealkylation sites (tertiary alicyclic amines) is 1. The van der Waals surface area contributed by atoms with E-state index in [9.17, 15) is 9.59 Å². The van der Waals surface area contributed by atoms with Crippen LogP contribution in [0.2, 0.25) is 0 Å². The zero-order valence-electron chi connectivity index (χ0n) is 15.8. The Bertz CT molecular complexity index is 607. The number of hydrogen-bond acceptors (Lipinski definition) is 4. The third kappa shape index (κ3) is 5.56. The summed E-state index contributed by atoms with van der Waals surface area (Å²) < 4.78 is 5.12. The van der Waals surface area contributed by atoms with Gasteiger partial charge in [-0.05, 0) is 43.4 Å². The van der Waals surface area contributed by atoms with Gasteiger partial charge in [0.05, 0.1) is 19.1 Å². The Labute approximate surface area is 150 Å². The second-order valence-electron chi connectivity index (χ2n) is 7.67. The summed E-state index contributed by atoms with van der Waals surface area (Å²) in [6.45, 7) is 10.3. The first-order valence-electron chi connectivity index (χ1n) is 9.09. The lowest BCUT2D eigenvalue weighted by atomic mass is 9.86. The Hall–Kier alpha value is -1.88. The zero-order chi connectivity index (χ0) is 18.4. The highest BCUT2D eigenvalue weighted by Gasteiger charge is 2.28. The molecule has 1 aromatic carbocycles. The van der Waals surface area contributed by atoms with Crippen molar-refractivity contribution in [3.05, 3.63) is 29.8 Å². The predicted molar refractivity (Wildman–Crippen MR) is 99.6 cm³/mol. The van der Waals surface area contributed by atoms with Crippen LogP contribution >= 0.6 is 0 Å². The first-order chi connectivity index (χ1) is 11.8. The molecule has 0 spiro atoms. The molecule has 138 valence electrons. The number of rotatable bonds is 5. The van der Waals surface area contributed by atoms with Crippen molar-refractivity contribution in [1.29, 1.82) is 0 Å². The summed E-state index contributed by atoms with van der Waals surface area (Å²) in [4.78, 5) is 26.5. The summed E-state index contributed by atoms with van der Waals surface area (Å²) in [7, 11) is 0. The Morgan fingerprint density at radius 2 is 2.00 bits per heavy atom. The molecule has 1 saturated heterocycles. The molecule has 1 aliphatic rings. The highest BCUT2D eigenvalue weighted by atomic mass is 16.5. The van der Waals surface area contributed by atoms with Gasteiger partial charge >= 0.3 is 5.97 Å². The number of ether oxygens (including phenoxy) is 1. The minimum absolute atomic E-state index is 0.0377. The average molecular weight is 346 g/mol. The van der Waals surface area contributed by atoms with Crippen LogP contribution in [0.4, 0.5) is 5.69 Å². The summed E-state index contributed by atoms with van der Waals surface area (Å²) in [5, 5.41) is 3.04. The Morgan fingerprint density at radius 3 is 2.68 bits per heavy atom. The van der Waals surface area contributed by atoms with Gasteiger partial charge < -0.3 is 10.1 Å². The molecular weight excluding hydrogens is 316 g/mol. The molecule has 0 bridgehead atoms. The summed E-state index contributed by atoms with van der Waals surface area (Å²) in [5.41, 5.74) is 1.94.